The summed E-state index contributed by atoms with van der Waals surface area (Å²) in [7, 11) is 0. The van der Waals surface area contributed by atoms with Gasteiger partial charge in [0.15, 0.2) is 0 Å². The number of unbranched alkanes of at least 4 members (excludes halogenated alkanes) is 2. The highest BCUT2D eigenvalue weighted by molar-refractivity contribution is 7.14. The number of hydrogen-bond acceptors (Lipinski definition) is 2. The van der Waals surface area contributed by atoms with Gasteiger partial charge in [-0.3, -0.25) is 4.79 Å². The number of rotatable bonds is 6. The summed E-state index contributed by atoms with van der Waals surface area (Å²) in [5.74, 6) is 2.62. The average molecular weight is 235 g/mol. The van der Waals surface area contributed by atoms with Gasteiger partial charge in [0, 0.05) is 17.8 Å². The number of terminal acetylenes is 1. The molecule has 86 valence electrons. The van der Waals surface area contributed by atoms with Gasteiger partial charge in [-0.15, -0.1) is 23.7 Å². The highest BCUT2D eigenvalue weighted by Crippen LogP contribution is 2.16. The van der Waals surface area contributed by atoms with Gasteiger partial charge in [-0.25, -0.2) is 0 Å². The normalized spacial score (nSPS) is 9.75. The molecule has 0 atom stereocenters. The van der Waals surface area contributed by atoms with Crippen molar-refractivity contribution < 1.29 is 4.79 Å². The Morgan fingerprint density at radius 1 is 1.50 bits per heavy atom. The van der Waals surface area contributed by atoms with Crippen molar-refractivity contribution in [1.82, 2.24) is 5.32 Å². The Labute approximate surface area is 101 Å². The first kappa shape index (κ1) is 12.8. The molecule has 0 spiro atoms. The first-order chi connectivity index (χ1) is 7.77. The van der Waals surface area contributed by atoms with Gasteiger partial charge in [0.05, 0.1) is 4.88 Å². The average Bonchev–Trinajstić information content (AvgIpc) is 2.77. The number of thiophene rings is 1. The van der Waals surface area contributed by atoms with Crippen molar-refractivity contribution >= 4 is 17.2 Å². The molecular formula is C13H17NOS. The molecule has 0 radical (unpaired) electrons. The minimum atomic E-state index is 0.0328. The highest BCUT2D eigenvalue weighted by Gasteiger charge is 2.07. The topological polar surface area (TPSA) is 29.1 Å². The fraction of sp³-hybridized carbons (Fsp3) is 0.462. The largest absolute Gasteiger partial charge is 0.351 e. The number of hydrogen-bond donors (Lipinski definition) is 1. The zero-order chi connectivity index (χ0) is 11.8. The summed E-state index contributed by atoms with van der Waals surface area (Å²) in [4.78, 5) is 13.7. The zero-order valence-electron chi connectivity index (χ0n) is 9.58. The van der Waals surface area contributed by atoms with E-state index in [0.29, 0.717) is 6.54 Å². The molecule has 0 saturated heterocycles. The second-order valence-electron chi connectivity index (χ2n) is 3.54. The van der Waals surface area contributed by atoms with Crippen LogP contribution >= 0.6 is 11.3 Å². The van der Waals surface area contributed by atoms with Crippen LogP contribution < -0.4 is 5.32 Å². The molecule has 0 aliphatic heterocycles. The van der Waals surface area contributed by atoms with E-state index in [-0.39, 0.29) is 5.91 Å². The van der Waals surface area contributed by atoms with Crippen LogP contribution in [0.25, 0.3) is 0 Å². The first-order valence-corrected chi connectivity index (χ1v) is 6.40. The van der Waals surface area contributed by atoms with E-state index in [1.54, 1.807) is 11.3 Å². The summed E-state index contributed by atoms with van der Waals surface area (Å²) >= 11 is 1.56. The summed E-state index contributed by atoms with van der Waals surface area (Å²) in [5.41, 5.74) is 0. The van der Waals surface area contributed by atoms with Gasteiger partial charge in [0.2, 0.25) is 0 Å². The predicted octanol–water partition coefficient (Wildman–Crippen LogP) is 2.84. The second kappa shape index (κ2) is 7.08. The minimum absolute atomic E-state index is 0.0328. The van der Waals surface area contributed by atoms with E-state index in [9.17, 15) is 4.79 Å². The van der Waals surface area contributed by atoms with Crippen LogP contribution in [0.5, 0.6) is 0 Å². The van der Waals surface area contributed by atoms with E-state index in [1.807, 2.05) is 12.1 Å². The van der Waals surface area contributed by atoms with Gasteiger partial charge in [-0.1, -0.05) is 6.92 Å². The molecule has 1 aromatic heterocycles. The Balaban J connectivity index is 2.27. The standard InChI is InChI=1S/C13H17NOS/c1-3-5-6-7-10-14-13(15)12-9-8-11(4-2)16-12/h1,8-9H,4-7,10H2,2H3,(H,14,15). The monoisotopic (exact) mass is 235 g/mol. The summed E-state index contributed by atoms with van der Waals surface area (Å²) in [6, 6.07) is 3.90. The number of amides is 1. The van der Waals surface area contributed by atoms with Crippen LogP contribution in [-0.2, 0) is 6.42 Å². The van der Waals surface area contributed by atoms with Crippen LogP contribution in [0.15, 0.2) is 12.1 Å². The molecule has 1 rings (SSSR count). The van der Waals surface area contributed by atoms with Crippen LogP contribution in [0.4, 0.5) is 0 Å². The summed E-state index contributed by atoms with van der Waals surface area (Å²) in [5, 5.41) is 2.90. The number of nitrogens with one attached hydrogen (secondary N) is 1. The van der Waals surface area contributed by atoms with Crippen LogP contribution in [0, 0.1) is 12.3 Å². The van der Waals surface area contributed by atoms with Crippen LogP contribution in [0.2, 0.25) is 0 Å². The molecule has 0 unspecified atom stereocenters. The van der Waals surface area contributed by atoms with E-state index >= 15 is 0 Å². The van der Waals surface area contributed by atoms with Crippen molar-refractivity contribution in [1.29, 1.82) is 0 Å². The van der Waals surface area contributed by atoms with Gasteiger partial charge in [-0.2, -0.15) is 0 Å². The predicted molar refractivity (Wildman–Crippen MR) is 68.7 cm³/mol. The van der Waals surface area contributed by atoms with Crippen LogP contribution in [-0.4, -0.2) is 12.5 Å². The van der Waals surface area contributed by atoms with Crippen molar-refractivity contribution in [2.75, 3.05) is 6.54 Å². The maximum atomic E-state index is 11.7. The Bertz CT molecular complexity index is 376. The molecule has 3 heteroatoms. The van der Waals surface area contributed by atoms with Gasteiger partial charge in [0.25, 0.3) is 5.91 Å². The number of aryl methyl sites for hydroxylation is 1. The molecule has 0 bridgehead atoms. The fourth-order valence-corrected chi connectivity index (χ4v) is 2.19. The molecule has 1 N–H and O–H groups in total. The van der Waals surface area contributed by atoms with Crippen molar-refractivity contribution in [3.63, 3.8) is 0 Å². The molecule has 0 aliphatic carbocycles. The molecular weight excluding hydrogens is 218 g/mol. The van der Waals surface area contributed by atoms with Gasteiger partial charge >= 0.3 is 0 Å². The van der Waals surface area contributed by atoms with E-state index < -0.39 is 0 Å². The number of carbonyl (C=O) groups excluding carboxylic acids is 1. The molecule has 0 aliphatic rings. The van der Waals surface area contributed by atoms with Gasteiger partial charge in [0.1, 0.15) is 0 Å². The molecule has 1 amide bonds. The summed E-state index contributed by atoms with van der Waals surface area (Å²) < 4.78 is 0. The van der Waals surface area contributed by atoms with Crippen LogP contribution in [0.1, 0.15) is 40.7 Å². The lowest BCUT2D eigenvalue weighted by Gasteiger charge is -2.01. The van der Waals surface area contributed by atoms with E-state index in [4.69, 9.17) is 6.42 Å². The first-order valence-electron chi connectivity index (χ1n) is 5.58. The third kappa shape index (κ3) is 4.08. The number of carbonyl (C=O) groups is 1. The summed E-state index contributed by atoms with van der Waals surface area (Å²) in [6.45, 7) is 2.80. The smallest absolute Gasteiger partial charge is 0.261 e. The Morgan fingerprint density at radius 2 is 2.31 bits per heavy atom. The van der Waals surface area contributed by atoms with Crippen LogP contribution in [0.3, 0.4) is 0 Å². The molecule has 1 aromatic rings. The fourth-order valence-electron chi connectivity index (χ4n) is 1.33. The van der Waals surface area contributed by atoms with E-state index in [1.165, 1.54) is 4.88 Å². The van der Waals surface area contributed by atoms with Crippen molar-refractivity contribution in [3.8, 4) is 12.3 Å². The third-order valence-corrected chi connectivity index (χ3v) is 3.50. The highest BCUT2D eigenvalue weighted by atomic mass is 32.1. The molecule has 0 fully saturated rings. The van der Waals surface area contributed by atoms with Crippen molar-refractivity contribution in [3.05, 3.63) is 21.9 Å². The lowest BCUT2D eigenvalue weighted by atomic mass is 10.2. The Morgan fingerprint density at radius 3 is 2.94 bits per heavy atom. The Kier molecular flexibility index (Phi) is 5.66. The molecule has 0 saturated carbocycles. The molecule has 2 nitrogen and oxygen atoms in total. The maximum absolute atomic E-state index is 11.7. The SMILES string of the molecule is C#CCCCCNC(=O)c1ccc(CC)s1. The minimum Gasteiger partial charge on any atom is -0.351 e. The molecule has 0 aromatic carbocycles. The lowest BCUT2D eigenvalue weighted by Crippen LogP contribution is -2.23. The second-order valence-corrected chi connectivity index (χ2v) is 4.70. The quantitative estimate of drug-likeness (QED) is 0.596. The molecule has 1 heterocycles. The molecule has 16 heavy (non-hydrogen) atoms. The summed E-state index contributed by atoms with van der Waals surface area (Å²) in [6.07, 6.45) is 8.84. The van der Waals surface area contributed by atoms with E-state index in [2.05, 4.69) is 18.2 Å². The van der Waals surface area contributed by atoms with Gasteiger partial charge < -0.3 is 5.32 Å². The van der Waals surface area contributed by atoms with Gasteiger partial charge in [-0.05, 0) is 31.4 Å². The maximum Gasteiger partial charge on any atom is 0.261 e. The zero-order valence-corrected chi connectivity index (χ0v) is 10.4. The van der Waals surface area contributed by atoms with Crippen molar-refractivity contribution in [2.24, 2.45) is 0 Å². The van der Waals surface area contributed by atoms with Crippen molar-refractivity contribution in [2.45, 2.75) is 32.6 Å². The lowest BCUT2D eigenvalue weighted by molar-refractivity contribution is 0.0957. The Hall–Kier alpha value is -1.27. The van der Waals surface area contributed by atoms with E-state index in [0.717, 1.165) is 30.6 Å². The third-order valence-electron chi connectivity index (χ3n) is 2.27.